The molecule has 1 aromatic carbocycles. The molecule has 1 aromatic heterocycles. The molecule has 9 heteroatoms. The van der Waals surface area contributed by atoms with Gasteiger partial charge >= 0.3 is 0 Å². The van der Waals surface area contributed by atoms with Gasteiger partial charge in [-0.25, -0.2) is 12.8 Å². The largest absolute Gasteiger partial charge is 0.365 e. The summed E-state index contributed by atoms with van der Waals surface area (Å²) in [6, 6.07) is 5.49. The van der Waals surface area contributed by atoms with Crippen molar-refractivity contribution in [3.05, 3.63) is 41.8 Å². The van der Waals surface area contributed by atoms with Gasteiger partial charge in [0.25, 0.3) is 5.91 Å². The van der Waals surface area contributed by atoms with Gasteiger partial charge in [0.15, 0.2) is 15.7 Å². The summed E-state index contributed by atoms with van der Waals surface area (Å²) in [4.78, 5) is 11.7. The van der Waals surface area contributed by atoms with Crippen molar-refractivity contribution in [2.45, 2.75) is 19.4 Å². The van der Waals surface area contributed by atoms with Gasteiger partial charge in [0.1, 0.15) is 11.4 Å². The van der Waals surface area contributed by atoms with Gasteiger partial charge in [-0.1, -0.05) is 6.92 Å². The molecule has 3 N–H and O–H groups in total. The molecule has 0 unspecified atom stereocenters. The Bertz CT molecular complexity index is 893. The molecule has 1 fully saturated rings. The van der Waals surface area contributed by atoms with Crippen LogP contribution in [0.5, 0.6) is 0 Å². The third-order valence-corrected chi connectivity index (χ3v) is 6.23. The number of sulfone groups is 1. The minimum absolute atomic E-state index is 0.0875. The molecule has 0 spiro atoms. The van der Waals surface area contributed by atoms with E-state index in [1.807, 2.05) is 6.92 Å². The van der Waals surface area contributed by atoms with Gasteiger partial charge in [-0.05, 0) is 36.6 Å². The normalized spacial score (nSPS) is 22.5. The lowest BCUT2D eigenvalue weighted by Crippen LogP contribution is -2.33. The summed E-state index contributed by atoms with van der Waals surface area (Å²) in [6.45, 7) is 1.85. The van der Waals surface area contributed by atoms with Crippen molar-refractivity contribution in [1.29, 1.82) is 0 Å². The number of amides is 1. The smallest absolute Gasteiger partial charge is 0.254 e. The van der Waals surface area contributed by atoms with Crippen molar-refractivity contribution in [2.75, 3.05) is 16.8 Å². The fraction of sp³-hybridized carbons (Fsp3) is 0.375. The molecular formula is C16H19FN4O3S. The van der Waals surface area contributed by atoms with Gasteiger partial charge in [0.05, 0.1) is 17.5 Å². The molecule has 25 heavy (non-hydrogen) atoms. The molecule has 7 nitrogen and oxygen atoms in total. The maximum atomic E-state index is 13.0. The lowest BCUT2D eigenvalue weighted by atomic mass is 10.0. The molecule has 3 rings (SSSR count). The van der Waals surface area contributed by atoms with Crippen molar-refractivity contribution in [2.24, 2.45) is 11.7 Å². The van der Waals surface area contributed by atoms with Crippen LogP contribution in [0, 0.1) is 11.7 Å². The summed E-state index contributed by atoms with van der Waals surface area (Å²) < 4.78 is 38.1. The van der Waals surface area contributed by atoms with E-state index in [2.05, 4.69) is 10.4 Å². The van der Waals surface area contributed by atoms with Gasteiger partial charge in [-0.3, -0.25) is 9.48 Å². The molecule has 0 radical (unpaired) electrons. The average molecular weight is 366 g/mol. The van der Waals surface area contributed by atoms with Crippen LogP contribution in [-0.4, -0.2) is 35.6 Å². The highest BCUT2D eigenvalue weighted by atomic mass is 32.2. The Balaban J connectivity index is 1.89. The van der Waals surface area contributed by atoms with E-state index in [0.717, 1.165) is 0 Å². The Morgan fingerprint density at radius 2 is 2.04 bits per heavy atom. The zero-order valence-electron chi connectivity index (χ0n) is 13.6. The molecule has 1 aliphatic heterocycles. The minimum atomic E-state index is -3.03. The van der Waals surface area contributed by atoms with Crippen molar-refractivity contribution in [3.63, 3.8) is 0 Å². The molecule has 2 heterocycles. The first-order chi connectivity index (χ1) is 11.7. The van der Waals surface area contributed by atoms with Crippen LogP contribution in [0.1, 0.15) is 29.7 Å². The number of nitrogens with zero attached hydrogens (tertiary/aromatic N) is 2. The average Bonchev–Trinajstić information content (AvgIpc) is 2.92. The third-order valence-electron chi connectivity index (χ3n) is 4.34. The number of carbonyl (C=O) groups excluding carboxylic acids is 1. The van der Waals surface area contributed by atoms with Crippen LogP contribution in [0.2, 0.25) is 0 Å². The predicted octanol–water partition coefficient (Wildman–Crippen LogP) is 1.86. The number of anilines is 2. The second-order valence-electron chi connectivity index (χ2n) is 6.32. The van der Waals surface area contributed by atoms with Gasteiger partial charge in [0.2, 0.25) is 0 Å². The quantitative estimate of drug-likeness (QED) is 0.859. The molecular weight excluding hydrogens is 347 g/mol. The van der Waals surface area contributed by atoms with Crippen LogP contribution in [0.25, 0.3) is 0 Å². The van der Waals surface area contributed by atoms with E-state index in [-0.39, 0.29) is 40.7 Å². The minimum Gasteiger partial charge on any atom is -0.365 e. The highest BCUT2D eigenvalue weighted by molar-refractivity contribution is 7.91. The van der Waals surface area contributed by atoms with Crippen LogP contribution in [0.3, 0.4) is 0 Å². The van der Waals surface area contributed by atoms with Gasteiger partial charge < -0.3 is 11.1 Å². The Morgan fingerprint density at radius 3 is 2.64 bits per heavy atom. The number of benzene rings is 1. The van der Waals surface area contributed by atoms with Gasteiger partial charge in [0, 0.05) is 11.9 Å². The van der Waals surface area contributed by atoms with Crippen molar-refractivity contribution in [1.82, 2.24) is 9.78 Å². The summed E-state index contributed by atoms with van der Waals surface area (Å²) in [7, 11) is -3.03. The number of hydrogen-bond acceptors (Lipinski definition) is 5. The molecule has 2 atom stereocenters. The summed E-state index contributed by atoms with van der Waals surface area (Å²) >= 11 is 0. The Hall–Kier alpha value is -2.42. The number of carbonyl (C=O) groups is 1. The number of nitrogens with two attached hydrogens (primary N) is 1. The maximum Gasteiger partial charge on any atom is 0.254 e. The first kappa shape index (κ1) is 17.4. The van der Waals surface area contributed by atoms with E-state index in [4.69, 9.17) is 5.73 Å². The van der Waals surface area contributed by atoms with E-state index in [1.165, 1.54) is 30.5 Å². The van der Waals surface area contributed by atoms with Crippen LogP contribution in [0.15, 0.2) is 30.5 Å². The van der Waals surface area contributed by atoms with E-state index in [9.17, 15) is 17.6 Å². The summed E-state index contributed by atoms with van der Waals surface area (Å²) in [5.74, 6) is -0.702. The van der Waals surface area contributed by atoms with E-state index in [1.54, 1.807) is 4.68 Å². The third kappa shape index (κ3) is 3.81. The number of primary amides is 1. The molecule has 1 saturated heterocycles. The standard InChI is InChI=1S/C16H19FN4O3S/c1-10-9-25(23,24)7-6-14(10)21-8-13(15(18)22)16(20-21)19-12-4-2-11(17)3-5-12/h2-5,8,10,14H,6-7,9H2,1H3,(H2,18,22)(H,19,20)/t10-,14-/m1/s1. The number of halogens is 1. The molecule has 1 amide bonds. The lowest BCUT2D eigenvalue weighted by Gasteiger charge is -2.28. The number of hydrogen-bond donors (Lipinski definition) is 2. The number of rotatable bonds is 4. The Kier molecular flexibility index (Phi) is 4.51. The number of nitrogens with one attached hydrogen (secondary N) is 1. The molecule has 134 valence electrons. The zero-order valence-corrected chi connectivity index (χ0v) is 14.5. The highest BCUT2D eigenvalue weighted by Gasteiger charge is 2.32. The predicted molar refractivity (Wildman–Crippen MR) is 91.9 cm³/mol. The van der Waals surface area contributed by atoms with Crippen molar-refractivity contribution in [3.8, 4) is 0 Å². The summed E-state index contributed by atoms with van der Waals surface area (Å²) in [5, 5.41) is 7.34. The molecule has 2 aromatic rings. The van der Waals surface area contributed by atoms with Crippen molar-refractivity contribution >= 4 is 27.2 Å². The highest BCUT2D eigenvalue weighted by Crippen LogP contribution is 2.31. The van der Waals surface area contributed by atoms with Gasteiger partial charge in [-0.2, -0.15) is 5.10 Å². The zero-order chi connectivity index (χ0) is 18.2. The van der Waals surface area contributed by atoms with Crippen LogP contribution in [-0.2, 0) is 9.84 Å². The van der Waals surface area contributed by atoms with Crippen LogP contribution >= 0.6 is 0 Å². The fourth-order valence-corrected chi connectivity index (χ4v) is 4.87. The fourth-order valence-electron chi connectivity index (χ4n) is 3.08. The van der Waals surface area contributed by atoms with E-state index < -0.39 is 15.7 Å². The molecule has 0 bridgehead atoms. The van der Waals surface area contributed by atoms with E-state index >= 15 is 0 Å². The van der Waals surface area contributed by atoms with Crippen LogP contribution < -0.4 is 11.1 Å². The second kappa shape index (κ2) is 6.47. The lowest BCUT2D eigenvalue weighted by molar-refractivity contribution is 0.100. The molecule has 1 aliphatic rings. The summed E-state index contributed by atoms with van der Waals surface area (Å²) in [6.07, 6.45) is 1.96. The Labute approximate surface area is 144 Å². The monoisotopic (exact) mass is 366 g/mol. The topological polar surface area (TPSA) is 107 Å². The second-order valence-corrected chi connectivity index (χ2v) is 8.54. The molecule has 0 aliphatic carbocycles. The first-order valence-electron chi connectivity index (χ1n) is 7.87. The number of aromatic nitrogens is 2. The van der Waals surface area contributed by atoms with Crippen LogP contribution in [0.4, 0.5) is 15.9 Å². The van der Waals surface area contributed by atoms with E-state index in [0.29, 0.717) is 12.1 Å². The SMILES string of the molecule is C[C@@H]1CS(=O)(=O)CC[C@H]1n1cc(C(N)=O)c(Nc2ccc(F)cc2)n1. The van der Waals surface area contributed by atoms with Gasteiger partial charge in [-0.15, -0.1) is 0 Å². The molecule has 0 saturated carbocycles. The Morgan fingerprint density at radius 1 is 1.36 bits per heavy atom. The summed E-state index contributed by atoms with van der Waals surface area (Å²) in [5.41, 5.74) is 6.19. The van der Waals surface area contributed by atoms with Crippen molar-refractivity contribution < 1.29 is 17.6 Å². The maximum absolute atomic E-state index is 13.0. The first-order valence-corrected chi connectivity index (χ1v) is 9.69.